The number of nitrogens with zero attached hydrogens (tertiary/aromatic N) is 2. The van der Waals surface area contributed by atoms with Gasteiger partial charge in [0.1, 0.15) is 6.10 Å². The van der Waals surface area contributed by atoms with Crippen molar-refractivity contribution >= 4 is 6.09 Å². The van der Waals surface area contributed by atoms with E-state index in [0.29, 0.717) is 31.8 Å². The number of carbonyl (C=O) groups is 1. The highest BCUT2D eigenvalue weighted by Gasteiger charge is 2.49. The molecule has 1 amide bonds. The van der Waals surface area contributed by atoms with Crippen LogP contribution in [0.15, 0.2) is 24.4 Å². The molecule has 26 heavy (non-hydrogen) atoms. The van der Waals surface area contributed by atoms with Crippen LogP contribution in [0, 0.1) is 5.41 Å². The number of rotatable bonds is 4. The van der Waals surface area contributed by atoms with Crippen molar-refractivity contribution in [3.8, 4) is 5.88 Å². The molecule has 2 aliphatic rings. The van der Waals surface area contributed by atoms with Crippen LogP contribution in [0.1, 0.15) is 25.7 Å². The molecule has 1 spiro atoms. The first-order valence-corrected chi connectivity index (χ1v) is 8.52. The Bertz CT molecular complexity index is 610. The molecule has 1 aliphatic heterocycles. The van der Waals surface area contributed by atoms with Gasteiger partial charge in [0.05, 0.1) is 6.61 Å². The maximum atomic E-state index is 12.6. The van der Waals surface area contributed by atoms with Crippen molar-refractivity contribution in [1.29, 1.82) is 0 Å². The molecule has 1 aromatic rings. The zero-order valence-electron chi connectivity index (χ0n) is 14.1. The summed E-state index contributed by atoms with van der Waals surface area (Å²) in [6, 6.07) is 5.45. The number of piperidine rings is 1. The smallest absolute Gasteiger partial charge is 0.427 e. The minimum atomic E-state index is -4.77. The molecule has 2 fully saturated rings. The zero-order chi connectivity index (χ0) is 18.8. The Hall–Kier alpha value is -2.03. The Morgan fingerprint density at radius 3 is 2.58 bits per heavy atom. The maximum absolute atomic E-state index is 12.6. The molecule has 1 saturated carbocycles. The molecule has 2 heterocycles. The molecule has 0 bridgehead atoms. The highest BCUT2D eigenvalue weighted by Crippen LogP contribution is 2.50. The summed E-state index contributed by atoms with van der Waals surface area (Å²) in [5.41, 5.74) is 0.0661. The first kappa shape index (κ1) is 18.8. The second-order valence-electron chi connectivity index (χ2n) is 6.90. The third-order valence-corrected chi connectivity index (χ3v) is 5.10. The van der Waals surface area contributed by atoms with Crippen LogP contribution < -0.4 is 4.74 Å². The van der Waals surface area contributed by atoms with Crippen molar-refractivity contribution in [3.05, 3.63) is 24.4 Å². The highest BCUT2D eigenvalue weighted by molar-refractivity contribution is 5.68. The van der Waals surface area contributed by atoms with Crippen LogP contribution in [0.2, 0.25) is 0 Å². The fourth-order valence-electron chi connectivity index (χ4n) is 3.55. The zero-order valence-corrected chi connectivity index (χ0v) is 14.1. The molecule has 9 heteroatoms. The molecule has 1 unspecified atom stereocenters. The van der Waals surface area contributed by atoms with E-state index in [0.717, 1.165) is 12.8 Å². The number of ether oxygens (including phenoxy) is 2. The van der Waals surface area contributed by atoms with Gasteiger partial charge in [0.25, 0.3) is 0 Å². The number of hydrogen-bond acceptors (Lipinski definition) is 5. The predicted molar refractivity (Wildman–Crippen MR) is 84.5 cm³/mol. The van der Waals surface area contributed by atoms with E-state index in [9.17, 15) is 18.0 Å². The van der Waals surface area contributed by atoms with Crippen LogP contribution in [-0.4, -0.2) is 59.2 Å². The van der Waals surface area contributed by atoms with Gasteiger partial charge in [-0.1, -0.05) is 6.07 Å². The van der Waals surface area contributed by atoms with Crippen molar-refractivity contribution in [1.82, 2.24) is 9.88 Å². The SMILES string of the molecule is O=C(OC(CO)C(F)(F)F)N1CCC2(CC1)CC(Oc1ccccn1)C2. The molecular weight excluding hydrogens is 353 g/mol. The summed E-state index contributed by atoms with van der Waals surface area (Å²) in [4.78, 5) is 17.3. The lowest BCUT2D eigenvalue weighted by molar-refractivity contribution is -0.215. The number of halogens is 3. The average molecular weight is 374 g/mol. The lowest BCUT2D eigenvalue weighted by Gasteiger charge is -2.51. The molecule has 1 saturated heterocycles. The minimum absolute atomic E-state index is 0.0661. The Morgan fingerprint density at radius 2 is 2.04 bits per heavy atom. The second kappa shape index (κ2) is 7.30. The van der Waals surface area contributed by atoms with Gasteiger partial charge in [-0.3, -0.25) is 0 Å². The van der Waals surface area contributed by atoms with E-state index < -0.39 is 25.0 Å². The quantitative estimate of drug-likeness (QED) is 0.878. The summed E-state index contributed by atoms with van der Waals surface area (Å²) in [6.45, 7) is -0.601. The van der Waals surface area contributed by atoms with Crippen LogP contribution in [0.25, 0.3) is 0 Å². The van der Waals surface area contributed by atoms with Crippen molar-refractivity contribution in [3.63, 3.8) is 0 Å². The average Bonchev–Trinajstić information content (AvgIpc) is 2.58. The summed E-state index contributed by atoms with van der Waals surface area (Å²) in [7, 11) is 0. The first-order valence-electron chi connectivity index (χ1n) is 8.52. The van der Waals surface area contributed by atoms with E-state index in [2.05, 4.69) is 9.72 Å². The number of likely N-dealkylation sites (tertiary alicyclic amines) is 1. The number of aromatic nitrogens is 1. The lowest BCUT2D eigenvalue weighted by Crippen LogP contribution is -2.52. The monoisotopic (exact) mass is 374 g/mol. The van der Waals surface area contributed by atoms with Gasteiger partial charge in [-0.15, -0.1) is 0 Å². The van der Waals surface area contributed by atoms with Gasteiger partial charge in [0.2, 0.25) is 12.0 Å². The minimum Gasteiger partial charge on any atom is -0.474 e. The summed E-state index contributed by atoms with van der Waals surface area (Å²) >= 11 is 0. The number of carbonyl (C=O) groups excluding carboxylic acids is 1. The van der Waals surface area contributed by atoms with Crippen LogP contribution >= 0.6 is 0 Å². The van der Waals surface area contributed by atoms with Gasteiger partial charge in [-0.05, 0) is 37.2 Å². The second-order valence-corrected chi connectivity index (χ2v) is 6.90. The highest BCUT2D eigenvalue weighted by atomic mass is 19.4. The fraction of sp³-hybridized carbons (Fsp3) is 0.647. The number of aliphatic hydroxyl groups excluding tert-OH is 1. The predicted octanol–water partition coefficient (Wildman–Crippen LogP) is 2.76. The van der Waals surface area contributed by atoms with Crippen LogP contribution in [-0.2, 0) is 4.74 Å². The molecule has 1 N–H and O–H groups in total. The van der Waals surface area contributed by atoms with Crippen molar-refractivity contribution in [2.24, 2.45) is 5.41 Å². The van der Waals surface area contributed by atoms with Crippen molar-refractivity contribution in [2.45, 2.75) is 44.1 Å². The summed E-state index contributed by atoms with van der Waals surface area (Å²) in [5, 5.41) is 8.75. The van der Waals surface area contributed by atoms with Crippen LogP contribution in [0.5, 0.6) is 5.88 Å². The molecule has 0 aromatic carbocycles. The largest absolute Gasteiger partial charge is 0.474 e. The van der Waals surface area contributed by atoms with Gasteiger partial charge in [-0.2, -0.15) is 13.2 Å². The summed E-state index contributed by atoms with van der Waals surface area (Å²) in [6.07, 6.45) is -3.47. The Morgan fingerprint density at radius 1 is 1.35 bits per heavy atom. The van der Waals surface area contributed by atoms with Crippen molar-refractivity contribution < 1.29 is 32.5 Å². The third kappa shape index (κ3) is 4.20. The molecule has 3 rings (SSSR count). The maximum Gasteiger partial charge on any atom is 0.427 e. The summed E-state index contributed by atoms with van der Waals surface area (Å²) < 4.78 is 47.9. The Labute approximate surface area is 148 Å². The van der Waals surface area contributed by atoms with E-state index in [-0.39, 0.29) is 11.5 Å². The fourth-order valence-corrected chi connectivity index (χ4v) is 3.55. The van der Waals surface area contributed by atoms with Gasteiger partial charge in [0.15, 0.2) is 0 Å². The van der Waals surface area contributed by atoms with E-state index in [1.807, 2.05) is 12.1 Å². The number of aliphatic hydroxyl groups is 1. The molecule has 0 radical (unpaired) electrons. The molecular formula is C17H21F3N2O4. The normalized spacial score (nSPS) is 21.2. The molecule has 1 aliphatic carbocycles. The first-order chi connectivity index (χ1) is 12.3. The van der Waals surface area contributed by atoms with E-state index in [1.54, 1.807) is 12.3 Å². The molecule has 6 nitrogen and oxygen atoms in total. The molecule has 1 atom stereocenters. The van der Waals surface area contributed by atoms with Gasteiger partial charge < -0.3 is 19.5 Å². The number of pyridine rings is 1. The van der Waals surface area contributed by atoms with Crippen molar-refractivity contribution in [2.75, 3.05) is 19.7 Å². The van der Waals surface area contributed by atoms with E-state index in [4.69, 9.17) is 9.84 Å². The number of alkyl halides is 3. The van der Waals surface area contributed by atoms with Gasteiger partial charge in [-0.25, -0.2) is 9.78 Å². The molecule has 1 aromatic heterocycles. The van der Waals surface area contributed by atoms with Gasteiger partial charge >= 0.3 is 12.3 Å². The standard InChI is InChI=1S/C17H21F3N2O4/c18-17(19,20)13(11-23)26-15(24)22-7-4-16(5-8-22)9-12(10-16)25-14-3-1-2-6-21-14/h1-3,6,12-13,23H,4-5,7-11H2. The number of hydrogen-bond donors (Lipinski definition) is 1. The summed E-state index contributed by atoms with van der Waals surface area (Å²) in [5.74, 6) is 0.579. The van der Waals surface area contributed by atoms with E-state index >= 15 is 0 Å². The number of amides is 1. The third-order valence-electron chi connectivity index (χ3n) is 5.10. The van der Waals surface area contributed by atoms with Gasteiger partial charge in [0, 0.05) is 25.4 Å². The Kier molecular flexibility index (Phi) is 5.27. The van der Waals surface area contributed by atoms with Crippen LogP contribution in [0.3, 0.4) is 0 Å². The van der Waals surface area contributed by atoms with E-state index in [1.165, 1.54) is 4.90 Å². The lowest BCUT2D eigenvalue weighted by atomic mass is 9.61. The van der Waals surface area contributed by atoms with Crippen LogP contribution in [0.4, 0.5) is 18.0 Å². The molecule has 144 valence electrons. The topological polar surface area (TPSA) is 71.9 Å². The Balaban J connectivity index is 1.44.